The first kappa shape index (κ1) is 19.9. The lowest BCUT2D eigenvalue weighted by molar-refractivity contribution is 0.0405. The van der Waals surface area contributed by atoms with Gasteiger partial charge in [-0.05, 0) is 31.1 Å². The van der Waals surface area contributed by atoms with Crippen molar-refractivity contribution in [2.24, 2.45) is 4.99 Å². The lowest BCUT2D eigenvalue weighted by atomic mass is 10.2. The molecular formula is C21H18FN7O3S. The van der Waals surface area contributed by atoms with Gasteiger partial charge in [0, 0.05) is 11.3 Å². The first-order valence-electron chi connectivity index (χ1n) is 10.4. The molecule has 0 aromatic carbocycles. The summed E-state index contributed by atoms with van der Waals surface area (Å²) in [6, 6.07) is 5.62. The van der Waals surface area contributed by atoms with Gasteiger partial charge < -0.3 is 15.0 Å². The average Bonchev–Trinajstić information content (AvgIpc) is 3.16. The van der Waals surface area contributed by atoms with Crippen molar-refractivity contribution < 1.29 is 14.3 Å². The second-order valence-corrected chi connectivity index (χ2v) is 9.24. The van der Waals surface area contributed by atoms with Gasteiger partial charge in [-0.25, -0.2) is 14.2 Å². The number of hydrogen-bond acceptors (Lipinski definition) is 7. The maximum absolute atomic E-state index is 13.1. The first-order valence-corrected chi connectivity index (χ1v) is 11.3. The molecule has 10 nitrogen and oxygen atoms in total. The second kappa shape index (κ2) is 7.37. The van der Waals surface area contributed by atoms with Crippen LogP contribution in [0, 0.1) is 0 Å². The molecule has 2 aliphatic rings. The molecule has 5 heterocycles. The van der Waals surface area contributed by atoms with Crippen molar-refractivity contribution in [2.75, 3.05) is 13.1 Å². The number of likely N-dealkylation sites (tertiary alicyclic amines) is 1. The highest BCUT2D eigenvalue weighted by atomic mass is 32.1. The topological polar surface area (TPSA) is 132 Å². The molecule has 168 valence electrons. The minimum Gasteiger partial charge on any atom is -0.493 e. The Morgan fingerprint density at radius 1 is 1.30 bits per heavy atom. The van der Waals surface area contributed by atoms with E-state index in [1.165, 1.54) is 16.2 Å². The van der Waals surface area contributed by atoms with Crippen molar-refractivity contribution >= 4 is 29.0 Å². The summed E-state index contributed by atoms with van der Waals surface area (Å²) >= 11 is 1.29. The maximum atomic E-state index is 13.1. The van der Waals surface area contributed by atoms with Gasteiger partial charge in [-0.2, -0.15) is 9.61 Å². The van der Waals surface area contributed by atoms with Crippen LogP contribution in [0.1, 0.15) is 28.2 Å². The van der Waals surface area contributed by atoms with Crippen molar-refractivity contribution in [3.8, 4) is 16.5 Å². The average molecular weight is 467 g/mol. The van der Waals surface area contributed by atoms with Gasteiger partial charge in [-0.1, -0.05) is 0 Å². The first-order chi connectivity index (χ1) is 15.9. The standard InChI is InChI=1S/C21H18FN7O3S/c22-11-8-28(9-11)20(31)16-4-3-15(33-16)13-6-17(24-12-1-2-12)29-18(25-13)10(7-23-29)5-14-19(30)27-21(32)26-14/h3-7,11-12,30H,1-2,8-9H2,(H2,26,27,32)/b10-5+,24-17?. The molecule has 12 heteroatoms. The van der Waals surface area contributed by atoms with Gasteiger partial charge in [0.25, 0.3) is 5.91 Å². The minimum absolute atomic E-state index is 0.129. The highest BCUT2D eigenvalue weighted by Crippen LogP contribution is 2.29. The van der Waals surface area contributed by atoms with E-state index in [1.807, 2.05) is 12.1 Å². The molecule has 0 bridgehead atoms. The summed E-state index contributed by atoms with van der Waals surface area (Å²) < 4.78 is 14.8. The highest BCUT2D eigenvalue weighted by molar-refractivity contribution is 7.17. The van der Waals surface area contributed by atoms with Crippen LogP contribution < -0.4 is 16.4 Å². The third-order valence-corrected chi connectivity index (χ3v) is 6.67. The number of halogens is 1. The van der Waals surface area contributed by atoms with Gasteiger partial charge in [0.2, 0.25) is 5.88 Å². The van der Waals surface area contributed by atoms with Crippen molar-refractivity contribution in [1.82, 2.24) is 29.5 Å². The number of rotatable bonds is 4. The van der Waals surface area contributed by atoms with Crippen LogP contribution in [0.5, 0.6) is 5.88 Å². The van der Waals surface area contributed by atoms with E-state index < -0.39 is 11.9 Å². The number of nitrogens with zero attached hydrogens (tertiary/aromatic N) is 5. The van der Waals surface area contributed by atoms with Crippen LogP contribution in [-0.4, -0.2) is 65.8 Å². The molecule has 4 aromatic rings. The zero-order chi connectivity index (χ0) is 22.7. The normalized spacial score (nSPS) is 17.8. The SMILES string of the molecule is O=C(c1ccc(-c2cc(=NC3CC3)n3nc/c(=C\c4[nH]c(=O)[nH]c4O)c3n2)s1)N1CC(F)C1. The molecule has 2 fully saturated rings. The smallest absolute Gasteiger partial charge is 0.326 e. The van der Waals surface area contributed by atoms with Crippen molar-refractivity contribution in [3.05, 3.63) is 56.2 Å². The molecule has 4 aromatic heterocycles. The van der Waals surface area contributed by atoms with E-state index in [2.05, 4.69) is 15.1 Å². The molecule has 0 unspecified atom stereocenters. The Kier molecular flexibility index (Phi) is 4.43. The van der Waals surface area contributed by atoms with Gasteiger partial charge in [0.05, 0.1) is 40.8 Å². The summed E-state index contributed by atoms with van der Waals surface area (Å²) in [5.41, 5.74) is 1.45. The van der Waals surface area contributed by atoms with E-state index >= 15 is 0 Å². The fourth-order valence-electron chi connectivity index (χ4n) is 3.66. The molecular weight excluding hydrogens is 449 g/mol. The van der Waals surface area contributed by atoms with Crippen molar-refractivity contribution in [1.29, 1.82) is 0 Å². The molecule has 0 spiro atoms. The third kappa shape index (κ3) is 3.61. The lowest BCUT2D eigenvalue weighted by Gasteiger charge is -2.33. The number of H-pyrrole nitrogens is 2. The highest BCUT2D eigenvalue weighted by Gasteiger charge is 2.31. The van der Waals surface area contributed by atoms with Crippen molar-refractivity contribution in [3.63, 3.8) is 0 Å². The van der Waals surface area contributed by atoms with Crippen LogP contribution in [0.4, 0.5) is 4.39 Å². The number of nitrogens with one attached hydrogen (secondary N) is 2. The molecule has 33 heavy (non-hydrogen) atoms. The Labute approximate surface area is 188 Å². The van der Waals surface area contributed by atoms with E-state index in [4.69, 9.17) is 9.98 Å². The zero-order valence-electron chi connectivity index (χ0n) is 17.2. The van der Waals surface area contributed by atoms with E-state index in [9.17, 15) is 19.1 Å². The number of carbonyl (C=O) groups is 1. The molecule has 1 aliphatic heterocycles. The fourth-order valence-corrected chi connectivity index (χ4v) is 4.59. The number of aromatic hydroxyl groups is 1. The van der Waals surface area contributed by atoms with Crippen molar-refractivity contribution in [2.45, 2.75) is 25.1 Å². The number of hydrogen-bond donors (Lipinski definition) is 3. The zero-order valence-corrected chi connectivity index (χ0v) is 18.0. The van der Waals surface area contributed by atoms with Gasteiger partial charge in [-0.15, -0.1) is 11.3 Å². The Bertz CT molecular complexity index is 1570. The Balaban J connectivity index is 1.47. The van der Waals surface area contributed by atoms with Crippen LogP contribution in [-0.2, 0) is 0 Å². The molecule has 1 saturated heterocycles. The molecule has 6 rings (SSSR count). The Hall–Kier alpha value is -3.80. The predicted molar refractivity (Wildman–Crippen MR) is 118 cm³/mol. The molecule has 1 aliphatic carbocycles. The number of fused-ring (bicyclic) bond motifs is 1. The Morgan fingerprint density at radius 3 is 2.82 bits per heavy atom. The molecule has 3 N–H and O–H groups in total. The summed E-state index contributed by atoms with van der Waals surface area (Å²) in [5.74, 6) is -0.462. The van der Waals surface area contributed by atoms with Crippen LogP contribution in [0.25, 0.3) is 22.3 Å². The monoisotopic (exact) mass is 467 g/mol. The van der Waals surface area contributed by atoms with E-state index in [0.717, 1.165) is 17.7 Å². The molecule has 0 radical (unpaired) electrons. The van der Waals surface area contributed by atoms with E-state index in [0.29, 0.717) is 26.9 Å². The maximum Gasteiger partial charge on any atom is 0.326 e. The number of aromatic amines is 2. The number of carbonyl (C=O) groups excluding carboxylic acids is 1. The van der Waals surface area contributed by atoms with Gasteiger partial charge >= 0.3 is 5.69 Å². The van der Waals surface area contributed by atoms with Crippen LogP contribution >= 0.6 is 11.3 Å². The van der Waals surface area contributed by atoms with Crippen LogP contribution in [0.15, 0.2) is 34.2 Å². The number of alkyl halides is 1. The van der Waals surface area contributed by atoms with Crippen LogP contribution in [0.3, 0.4) is 0 Å². The summed E-state index contributed by atoms with van der Waals surface area (Å²) in [5, 5.41) is 14.9. The second-order valence-electron chi connectivity index (χ2n) is 8.15. The number of thiophene rings is 1. The summed E-state index contributed by atoms with van der Waals surface area (Å²) in [7, 11) is 0. The molecule has 1 amide bonds. The van der Waals surface area contributed by atoms with E-state index in [-0.39, 0.29) is 36.6 Å². The summed E-state index contributed by atoms with van der Waals surface area (Å²) in [4.78, 5) is 41.1. The lowest BCUT2D eigenvalue weighted by Crippen LogP contribution is -2.51. The minimum atomic E-state index is -0.949. The quantitative estimate of drug-likeness (QED) is 0.404. The summed E-state index contributed by atoms with van der Waals surface area (Å²) in [6.07, 6.45) is 4.24. The Morgan fingerprint density at radius 2 is 2.12 bits per heavy atom. The molecule has 0 atom stereocenters. The number of amides is 1. The van der Waals surface area contributed by atoms with Gasteiger partial charge in [0.1, 0.15) is 11.9 Å². The number of imidazole rings is 1. The van der Waals surface area contributed by atoms with Gasteiger partial charge in [-0.3, -0.25) is 14.8 Å². The number of aromatic nitrogens is 5. The van der Waals surface area contributed by atoms with E-state index in [1.54, 1.807) is 22.9 Å². The summed E-state index contributed by atoms with van der Waals surface area (Å²) in [6.45, 7) is 0.258. The predicted octanol–water partition coefficient (Wildman–Crippen LogP) is 0.585. The molecule has 1 saturated carbocycles. The fraction of sp³-hybridized carbons (Fsp3) is 0.286. The van der Waals surface area contributed by atoms with Crippen LogP contribution in [0.2, 0.25) is 0 Å². The third-order valence-electron chi connectivity index (χ3n) is 5.57. The largest absolute Gasteiger partial charge is 0.493 e. The van der Waals surface area contributed by atoms with Gasteiger partial charge in [0.15, 0.2) is 11.1 Å².